The highest BCUT2D eigenvalue weighted by molar-refractivity contribution is 8.14. The first kappa shape index (κ1) is 19.3. The smallest absolute Gasteiger partial charge is 0.259 e. The molecule has 148 valence electrons. The van der Waals surface area contributed by atoms with Gasteiger partial charge in [0.25, 0.3) is 5.91 Å². The van der Waals surface area contributed by atoms with Crippen molar-refractivity contribution in [1.29, 1.82) is 0 Å². The van der Waals surface area contributed by atoms with Crippen LogP contribution in [0.3, 0.4) is 0 Å². The molecule has 2 aromatic carbocycles. The fraction of sp³-hybridized carbons (Fsp3) is 0.238. The van der Waals surface area contributed by atoms with Crippen molar-refractivity contribution in [3.05, 3.63) is 59.9 Å². The maximum atomic E-state index is 13.0. The van der Waals surface area contributed by atoms with E-state index in [2.05, 4.69) is 15.3 Å². The fourth-order valence-electron chi connectivity index (χ4n) is 3.22. The molecular weight excluding hydrogens is 391 g/mol. The van der Waals surface area contributed by atoms with Crippen LogP contribution in [0.2, 0.25) is 0 Å². The van der Waals surface area contributed by atoms with Crippen LogP contribution in [0.5, 0.6) is 0 Å². The molecule has 2 aliphatic heterocycles. The number of hydrogen-bond acceptors (Lipinski definition) is 5. The highest BCUT2D eigenvalue weighted by atomic mass is 32.2. The number of nitrogens with one attached hydrogen (secondary N) is 1. The first-order chi connectivity index (χ1) is 14.1. The van der Waals surface area contributed by atoms with Gasteiger partial charge in [-0.2, -0.15) is 0 Å². The Balaban J connectivity index is 1.53. The van der Waals surface area contributed by atoms with Gasteiger partial charge in [-0.3, -0.25) is 14.6 Å². The first-order valence-corrected chi connectivity index (χ1v) is 10.3. The number of benzene rings is 2. The summed E-state index contributed by atoms with van der Waals surface area (Å²) in [5.74, 6) is -0.0810. The van der Waals surface area contributed by atoms with Gasteiger partial charge in [-0.05, 0) is 42.8 Å². The topological polar surface area (TPSA) is 74.1 Å². The lowest BCUT2D eigenvalue weighted by atomic mass is 10.1. The van der Waals surface area contributed by atoms with E-state index in [1.54, 1.807) is 0 Å². The molecule has 0 saturated heterocycles. The van der Waals surface area contributed by atoms with Gasteiger partial charge in [-0.1, -0.05) is 37.2 Å². The van der Waals surface area contributed by atoms with Gasteiger partial charge in [0.2, 0.25) is 5.91 Å². The Bertz CT molecular complexity index is 1020. The summed E-state index contributed by atoms with van der Waals surface area (Å²) in [6.07, 6.45) is 1.52. The van der Waals surface area contributed by atoms with Crippen molar-refractivity contribution in [2.24, 2.45) is 9.98 Å². The number of carbonyl (C=O) groups is 2. The lowest BCUT2D eigenvalue weighted by Gasteiger charge is -2.25. The van der Waals surface area contributed by atoms with E-state index in [0.29, 0.717) is 23.1 Å². The molecule has 1 unspecified atom stereocenters. The zero-order valence-electron chi connectivity index (χ0n) is 15.8. The molecule has 0 aromatic heterocycles. The number of thioether (sulfide) groups is 1. The lowest BCUT2D eigenvalue weighted by molar-refractivity contribution is -0.124. The Labute approximate surface area is 171 Å². The molecule has 1 N–H and O–H groups in total. The Hall–Kier alpha value is -3.00. The number of fused-ring (bicyclic) bond motifs is 3. The zero-order valence-corrected chi connectivity index (χ0v) is 16.6. The molecule has 0 fully saturated rings. The number of anilines is 1. The van der Waals surface area contributed by atoms with Gasteiger partial charge in [0.1, 0.15) is 17.7 Å². The minimum atomic E-state index is -0.417. The van der Waals surface area contributed by atoms with E-state index in [0.717, 1.165) is 17.7 Å². The van der Waals surface area contributed by atoms with E-state index in [1.807, 2.05) is 31.2 Å². The SMILES string of the molecule is CCCC1N=C2c3ccccc3N=C(SCC(=O)Nc3ccc(F)cc3)N2C1=O. The van der Waals surface area contributed by atoms with Gasteiger partial charge >= 0.3 is 0 Å². The van der Waals surface area contributed by atoms with E-state index in [-0.39, 0.29) is 23.4 Å². The Morgan fingerprint density at radius 3 is 2.72 bits per heavy atom. The Morgan fingerprint density at radius 2 is 1.97 bits per heavy atom. The minimum Gasteiger partial charge on any atom is -0.325 e. The van der Waals surface area contributed by atoms with Crippen LogP contribution in [-0.2, 0) is 9.59 Å². The van der Waals surface area contributed by atoms with E-state index < -0.39 is 6.04 Å². The number of carbonyl (C=O) groups excluding carboxylic acids is 2. The molecule has 0 radical (unpaired) electrons. The summed E-state index contributed by atoms with van der Waals surface area (Å²) in [4.78, 5) is 36.0. The van der Waals surface area contributed by atoms with Gasteiger partial charge in [-0.15, -0.1) is 0 Å². The largest absolute Gasteiger partial charge is 0.325 e. The van der Waals surface area contributed by atoms with Gasteiger partial charge in [0, 0.05) is 11.3 Å². The third-order valence-electron chi connectivity index (χ3n) is 4.57. The quantitative estimate of drug-likeness (QED) is 0.811. The average Bonchev–Trinajstić information content (AvgIpc) is 3.05. The molecule has 2 aromatic rings. The van der Waals surface area contributed by atoms with Crippen LogP contribution < -0.4 is 5.32 Å². The maximum absolute atomic E-state index is 13.0. The number of para-hydroxylation sites is 1. The van der Waals surface area contributed by atoms with Gasteiger partial charge < -0.3 is 5.32 Å². The van der Waals surface area contributed by atoms with E-state index in [9.17, 15) is 14.0 Å². The van der Waals surface area contributed by atoms with Crippen molar-refractivity contribution < 1.29 is 14.0 Å². The molecule has 29 heavy (non-hydrogen) atoms. The third kappa shape index (κ3) is 3.93. The van der Waals surface area contributed by atoms with Crippen LogP contribution in [-0.4, -0.2) is 39.5 Å². The van der Waals surface area contributed by atoms with Crippen LogP contribution in [0, 0.1) is 5.82 Å². The normalized spacial score (nSPS) is 17.4. The third-order valence-corrected chi connectivity index (χ3v) is 5.51. The fourth-order valence-corrected chi connectivity index (χ4v) is 4.02. The summed E-state index contributed by atoms with van der Waals surface area (Å²) < 4.78 is 13.0. The number of amidine groups is 2. The second-order valence-electron chi connectivity index (χ2n) is 6.69. The zero-order chi connectivity index (χ0) is 20.4. The molecule has 2 aliphatic rings. The number of nitrogens with zero attached hydrogens (tertiary/aromatic N) is 3. The van der Waals surface area contributed by atoms with Crippen LogP contribution in [0.25, 0.3) is 0 Å². The number of halogens is 1. The second-order valence-corrected chi connectivity index (χ2v) is 7.63. The van der Waals surface area contributed by atoms with Crippen molar-refractivity contribution in [3.63, 3.8) is 0 Å². The summed E-state index contributed by atoms with van der Waals surface area (Å²) in [5, 5.41) is 3.16. The van der Waals surface area contributed by atoms with E-state index in [4.69, 9.17) is 0 Å². The first-order valence-electron chi connectivity index (χ1n) is 9.35. The number of rotatable bonds is 5. The average molecular weight is 410 g/mol. The molecule has 2 heterocycles. The van der Waals surface area contributed by atoms with Crippen LogP contribution in [0.1, 0.15) is 25.3 Å². The van der Waals surface area contributed by atoms with Gasteiger partial charge in [-0.25, -0.2) is 14.3 Å². The summed E-state index contributed by atoms with van der Waals surface area (Å²) in [5.41, 5.74) is 2.06. The van der Waals surface area contributed by atoms with Crippen molar-refractivity contribution in [2.75, 3.05) is 11.1 Å². The van der Waals surface area contributed by atoms with Crippen molar-refractivity contribution in [2.45, 2.75) is 25.8 Å². The van der Waals surface area contributed by atoms with Gasteiger partial charge in [0.15, 0.2) is 5.17 Å². The van der Waals surface area contributed by atoms with Crippen molar-refractivity contribution in [3.8, 4) is 0 Å². The summed E-state index contributed by atoms with van der Waals surface area (Å²) in [6, 6.07) is 12.7. The van der Waals surface area contributed by atoms with Crippen LogP contribution in [0.4, 0.5) is 15.8 Å². The highest BCUT2D eigenvalue weighted by Crippen LogP contribution is 2.34. The molecule has 0 saturated carbocycles. The molecule has 0 bridgehead atoms. The van der Waals surface area contributed by atoms with Crippen LogP contribution in [0.15, 0.2) is 58.5 Å². The molecule has 2 amide bonds. The number of aliphatic imine (C=N–C) groups is 2. The number of amides is 2. The molecule has 0 aliphatic carbocycles. The van der Waals surface area contributed by atoms with E-state index in [1.165, 1.54) is 40.9 Å². The minimum absolute atomic E-state index is 0.0634. The molecule has 8 heteroatoms. The molecule has 6 nitrogen and oxygen atoms in total. The predicted octanol–water partition coefficient (Wildman–Crippen LogP) is 3.96. The summed E-state index contributed by atoms with van der Waals surface area (Å²) in [6.45, 7) is 2.02. The molecular formula is C21H19FN4O2S. The summed E-state index contributed by atoms with van der Waals surface area (Å²) in [7, 11) is 0. The molecule has 4 rings (SSSR count). The van der Waals surface area contributed by atoms with Gasteiger partial charge in [0.05, 0.1) is 11.4 Å². The van der Waals surface area contributed by atoms with Crippen molar-refractivity contribution in [1.82, 2.24) is 4.90 Å². The molecule has 1 atom stereocenters. The predicted molar refractivity (Wildman–Crippen MR) is 113 cm³/mol. The monoisotopic (exact) mass is 410 g/mol. The lowest BCUT2D eigenvalue weighted by Crippen LogP contribution is -2.41. The van der Waals surface area contributed by atoms with Crippen molar-refractivity contribution >= 4 is 46.0 Å². The van der Waals surface area contributed by atoms with Crippen LogP contribution >= 0.6 is 11.8 Å². The molecule has 0 spiro atoms. The second kappa shape index (κ2) is 8.16. The Kier molecular flexibility index (Phi) is 5.44. The standard InChI is InChI=1S/C21H19FN4O2S/c1-2-5-17-20(28)26-19(24-17)15-6-3-4-7-16(15)25-21(26)29-12-18(27)23-14-10-8-13(22)9-11-14/h3-4,6-11,17H,2,5,12H2,1H3,(H,23,27). The highest BCUT2D eigenvalue weighted by Gasteiger charge is 2.40. The maximum Gasteiger partial charge on any atom is 0.259 e. The van der Waals surface area contributed by atoms with E-state index >= 15 is 0 Å². The number of hydrogen-bond donors (Lipinski definition) is 1. The summed E-state index contributed by atoms with van der Waals surface area (Å²) >= 11 is 1.18. The Morgan fingerprint density at radius 1 is 1.21 bits per heavy atom.